The maximum atomic E-state index is 13.0. The lowest BCUT2D eigenvalue weighted by Crippen LogP contribution is -2.44. The molecule has 1 aromatic carbocycles. The number of anilines is 1. The number of hydrogen-bond donors (Lipinski definition) is 3. The van der Waals surface area contributed by atoms with Crippen molar-refractivity contribution in [3.63, 3.8) is 0 Å². The normalized spacial score (nSPS) is 18.9. The van der Waals surface area contributed by atoms with Crippen LogP contribution in [0.25, 0.3) is 0 Å². The van der Waals surface area contributed by atoms with Gasteiger partial charge < -0.3 is 10.8 Å². The summed E-state index contributed by atoms with van der Waals surface area (Å²) in [5.41, 5.74) is 4.16. The Morgan fingerprint density at radius 1 is 1.30 bits per heavy atom. The van der Waals surface area contributed by atoms with Crippen molar-refractivity contribution in [3.8, 4) is 0 Å². The summed E-state index contributed by atoms with van der Waals surface area (Å²) in [6, 6.07) is 3.24. The number of benzene rings is 1. The van der Waals surface area contributed by atoms with Gasteiger partial charge in [0.25, 0.3) is 0 Å². The molecule has 2 rings (SSSR count). The summed E-state index contributed by atoms with van der Waals surface area (Å²) in [6.45, 7) is -0.0351. The minimum absolute atomic E-state index is 0.0351. The summed E-state index contributed by atoms with van der Waals surface area (Å²) in [5.74, 6) is -0.658. The molecular weight excluding hydrogens is 283 g/mol. The molecule has 4 N–H and O–H groups in total. The van der Waals surface area contributed by atoms with Crippen molar-refractivity contribution in [2.24, 2.45) is 0 Å². The van der Waals surface area contributed by atoms with Gasteiger partial charge in [0.05, 0.1) is 16.2 Å². The molecular formula is C13H19FN2O3S. The van der Waals surface area contributed by atoms with Crippen LogP contribution in [0.1, 0.15) is 32.1 Å². The van der Waals surface area contributed by atoms with E-state index in [-0.39, 0.29) is 17.1 Å². The van der Waals surface area contributed by atoms with Gasteiger partial charge in [-0.25, -0.2) is 17.5 Å². The number of nitrogens with two attached hydrogens (primary N) is 1. The van der Waals surface area contributed by atoms with Gasteiger partial charge in [-0.05, 0) is 31.0 Å². The number of halogens is 1. The van der Waals surface area contributed by atoms with Crippen molar-refractivity contribution in [1.82, 2.24) is 4.72 Å². The molecule has 20 heavy (non-hydrogen) atoms. The third-order valence-corrected chi connectivity index (χ3v) is 5.05. The zero-order valence-electron chi connectivity index (χ0n) is 11.1. The third-order valence-electron chi connectivity index (χ3n) is 3.65. The Morgan fingerprint density at radius 3 is 2.55 bits per heavy atom. The molecule has 0 heterocycles. The molecule has 1 aromatic rings. The van der Waals surface area contributed by atoms with Crippen LogP contribution in [0.5, 0.6) is 0 Å². The lowest BCUT2D eigenvalue weighted by atomic mass is 9.85. The highest BCUT2D eigenvalue weighted by Gasteiger charge is 2.31. The number of hydrogen-bond acceptors (Lipinski definition) is 4. The molecule has 7 heteroatoms. The van der Waals surface area contributed by atoms with Crippen LogP contribution >= 0.6 is 0 Å². The lowest BCUT2D eigenvalue weighted by Gasteiger charge is -2.32. The Hall–Kier alpha value is -1.18. The minimum Gasteiger partial charge on any atom is -0.396 e. The molecule has 0 radical (unpaired) electrons. The standard InChI is InChI=1S/C13H19FN2O3S/c14-11-5-4-10(8-12(11)15)20(18,19)16-9-13(17)6-2-1-3-7-13/h4-5,8,16-17H,1-3,6-7,9,15H2. The van der Waals surface area contributed by atoms with Crippen LogP contribution in [-0.4, -0.2) is 25.7 Å². The van der Waals surface area contributed by atoms with E-state index in [4.69, 9.17) is 5.73 Å². The first kappa shape index (κ1) is 15.2. The van der Waals surface area contributed by atoms with Crippen LogP contribution < -0.4 is 10.5 Å². The maximum absolute atomic E-state index is 13.0. The van der Waals surface area contributed by atoms with Gasteiger partial charge in [-0.1, -0.05) is 19.3 Å². The number of nitrogens with one attached hydrogen (secondary N) is 1. The van der Waals surface area contributed by atoms with Gasteiger partial charge in [0.2, 0.25) is 10.0 Å². The summed E-state index contributed by atoms with van der Waals surface area (Å²) in [7, 11) is -3.79. The quantitative estimate of drug-likeness (QED) is 0.733. The van der Waals surface area contributed by atoms with Gasteiger partial charge in [0, 0.05) is 6.54 Å². The van der Waals surface area contributed by atoms with E-state index in [1.165, 1.54) is 0 Å². The van der Waals surface area contributed by atoms with Crippen LogP contribution in [0.3, 0.4) is 0 Å². The van der Waals surface area contributed by atoms with E-state index in [9.17, 15) is 17.9 Å². The Balaban J connectivity index is 2.09. The first-order valence-electron chi connectivity index (χ1n) is 6.60. The zero-order valence-corrected chi connectivity index (χ0v) is 11.9. The average Bonchev–Trinajstić information content (AvgIpc) is 2.41. The van der Waals surface area contributed by atoms with Crippen LogP contribution in [0, 0.1) is 5.82 Å². The fraction of sp³-hybridized carbons (Fsp3) is 0.538. The van der Waals surface area contributed by atoms with Gasteiger partial charge >= 0.3 is 0 Å². The highest BCUT2D eigenvalue weighted by molar-refractivity contribution is 7.89. The topological polar surface area (TPSA) is 92.4 Å². The maximum Gasteiger partial charge on any atom is 0.240 e. The highest BCUT2D eigenvalue weighted by Crippen LogP contribution is 2.27. The van der Waals surface area contributed by atoms with Crippen LogP contribution in [0.2, 0.25) is 0 Å². The minimum atomic E-state index is -3.79. The van der Waals surface area contributed by atoms with Crippen molar-refractivity contribution in [3.05, 3.63) is 24.0 Å². The molecule has 5 nitrogen and oxygen atoms in total. The zero-order chi connectivity index (χ0) is 14.8. The summed E-state index contributed by atoms with van der Waals surface area (Å²) < 4.78 is 39.6. The first-order valence-corrected chi connectivity index (χ1v) is 8.08. The summed E-state index contributed by atoms with van der Waals surface area (Å²) in [4.78, 5) is -0.101. The van der Waals surface area contributed by atoms with E-state index in [0.717, 1.165) is 37.5 Å². The highest BCUT2D eigenvalue weighted by atomic mass is 32.2. The van der Waals surface area contributed by atoms with Crippen molar-refractivity contribution >= 4 is 15.7 Å². The molecule has 0 amide bonds. The van der Waals surface area contributed by atoms with E-state index in [2.05, 4.69) is 4.72 Å². The second kappa shape index (κ2) is 5.67. The molecule has 0 unspecified atom stereocenters. The van der Waals surface area contributed by atoms with Crippen molar-refractivity contribution < 1.29 is 17.9 Å². The Labute approximate surface area is 118 Å². The van der Waals surface area contributed by atoms with Gasteiger partial charge in [-0.3, -0.25) is 0 Å². The smallest absolute Gasteiger partial charge is 0.240 e. The monoisotopic (exact) mass is 302 g/mol. The number of rotatable bonds is 4. The lowest BCUT2D eigenvalue weighted by molar-refractivity contribution is 0.00945. The number of sulfonamides is 1. The second-order valence-electron chi connectivity index (χ2n) is 5.29. The molecule has 0 saturated heterocycles. The third kappa shape index (κ3) is 3.47. The van der Waals surface area contributed by atoms with E-state index < -0.39 is 21.4 Å². The van der Waals surface area contributed by atoms with Gasteiger partial charge in [-0.15, -0.1) is 0 Å². The summed E-state index contributed by atoms with van der Waals surface area (Å²) in [6.07, 6.45) is 4.01. The van der Waals surface area contributed by atoms with Gasteiger partial charge in [0.1, 0.15) is 5.82 Å². The predicted octanol–water partition coefficient (Wildman–Crippen LogP) is 1.38. The Kier molecular flexibility index (Phi) is 4.31. The molecule has 1 aliphatic rings. The molecule has 1 aliphatic carbocycles. The van der Waals surface area contributed by atoms with Crippen molar-refractivity contribution in [2.45, 2.75) is 42.6 Å². The Bertz CT molecular complexity index is 583. The molecule has 1 saturated carbocycles. The summed E-state index contributed by atoms with van der Waals surface area (Å²) >= 11 is 0. The number of aliphatic hydroxyl groups is 1. The fourth-order valence-electron chi connectivity index (χ4n) is 2.39. The van der Waals surface area contributed by atoms with E-state index in [0.29, 0.717) is 12.8 Å². The molecule has 0 aliphatic heterocycles. The van der Waals surface area contributed by atoms with Crippen LogP contribution in [-0.2, 0) is 10.0 Å². The Morgan fingerprint density at radius 2 is 1.95 bits per heavy atom. The van der Waals surface area contributed by atoms with Crippen molar-refractivity contribution in [2.75, 3.05) is 12.3 Å². The number of nitrogen functional groups attached to an aromatic ring is 1. The van der Waals surface area contributed by atoms with E-state index in [1.54, 1.807) is 0 Å². The van der Waals surface area contributed by atoms with E-state index >= 15 is 0 Å². The molecule has 0 aromatic heterocycles. The van der Waals surface area contributed by atoms with Crippen LogP contribution in [0.4, 0.5) is 10.1 Å². The summed E-state index contributed by atoms with van der Waals surface area (Å²) in [5, 5.41) is 10.3. The predicted molar refractivity (Wildman–Crippen MR) is 74.0 cm³/mol. The van der Waals surface area contributed by atoms with Gasteiger partial charge in [0.15, 0.2) is 0 Å². The molecule has 0 spiro atoms. The molecule has 112 valence electrons. The fourth-order valence-corrected chi connectivity index (χ4v) is 3.54. The van der Waals surface area contributed by atoms with Gasteiger partial charge in [-0.2, -0.15) is 0 Å². The van der Waals surface area contributed by atoms with Crippen LogP contribution in [0.15, 0.2) is 23.1 Å². The van der Waals surface area contributed by atoms with Crippen molar-refractivity contribution in [1.29, 1.82) is 0 Å². The molecule has 0 atom stereocenters. The average molecular weight is 302 g/mol. The second-order valence-corrected chi connectivity index (χ2v) is 7.06. The first-order chi connectivity index (χ1) is 9.32. The largest absolute Gasteiger partial charge is 0.396 e. The SMILES string of the molecule is Nc1cc(S(=O)(=O)NCC2(O)CCCCC2)ccc1F. The molecule has 0 bridgehead atoms. The van der Waals surface area contributed by atoms with E-state index in [1.807, 2.05) is 0 Å². The molecule has 1 fully saturated rings.